The van der Waals surface area contributed by atoms with Gasteiger partial charge in [-0.25, -0.2) is 4.68 Å². The predicted octanol–water partition coefficient (Wildman–Crippen LogP) is -0.423. The van der Waals surface area contributed by atoms with Gasteiger partial charge in [0, 0.05) is 44.1 Å². The molecule has 1 saturated heterocycles. The van der Waals surface area contributed by atoms with Crippen molar-refractivity contribution >= 4 is 5.91 Å². The second-order valence-corrected chi connectivity index (χ2v) is 5.05. The lowest BCUT2D eigenvalue weighted by Crippen LogP contribution is -2.34. The van der Waals surface area contributed by atoms with E-state index in [0.29, 0.717) is 25.3 Å². The number of β-amino-alcohol motifs (C(OH)–C–C–N with tert-alkyl or cyclic N) is 1. The minimum atomic E-state index is -0.409. The molecule has 7 nitrogen and oxygen atoms in total. The number of nitrogens with one attached hydrogen (secondary N) is 2. The fourth-order valence-corrected chi connectivity index (χ4v) is 2.35. The summed E-state index contributed by atoms with van der Waals surface area (Å²) in [4.78, 5) is 16.2. The van der Waals surface area contributed by atoms with Crippen LogP contribution in [0.1, 0.15) is 10.5 Å². The summed E-state index contributed by atoms with van der Waals surface area (Å²) < 4.78 is 1.67. The largest absolute Gasteiger partial charge is 0.391 e. The highest BCUT2D eigenvalue weighted by atomic mass is 16.3. The minimum absolute atomic E-state index is 0.0447. The Balaban J connectivity index is 1.66. The molecule has 0 spiro atoms. The third-order valence-corrected chi connectivity index (χ3v) is 3.57. The Hall–Kier alpha value is -2.25. The number of hydrogen-bond acceptors (Lipinski definition) is 5. The zero-order valence-electron chi connectivity index (χ0n) is 11.4. The van der Waals surface area contributed by atoms with Gasteiger partial charge in [0.25, 0.3) is 5.91 Å². The molecule has 1 aliphatic heterocycles. The van der Waals surface area contributed by atoms with E-state index >= 15 is 0 Å². The molecule has 110 valence electrons. The van der Waals surface area contributed by atoms with Gasteiger partial charge in [-0.2, -0.15) is 5.10 Å². The van der Waals surface area contributed by atoms with Crippen LogP contribution in [0.3, 0.4) is 0 Å². The number of amides is 1. The standard InChI is InChI=1S/C14H17N5O2/c20-13-9-15-7-10(13)8-17-14(21)12-6-11(2-4-16-12)19-5-1-3-18-19/h1-6,10,13,15,20H,7-9H2,(H,17,21). The van der Waals surface area contributed by atoms with Crippen LogP contribution in [-0.4, -0.2) is 51.5 Å². The Kier molecular flexibility index (Phi) is 3.94. The molecule has 0 saturated carbocycles. The summed E-state index contributed by atoms with van der Waals surface area (Å²) in [6.45, 7) is 1.72. The van der Waals surface area contributed by atoms with E-state index in [1.165, 1.54) is 0 Å². The normalized spacial score (nSPS) is 21.4. The molecule has 1 amide bonds. The first kappa shape index (κ1) is 13.7. The van der Waals surface area contributed by atoms with Crippen LogP contribution < -0.4 is 10.6 Å². The van der Waals surface area contributed by atoms with Crippen molar-refractivity contribution in [1.29, 1.82) is 0 Å². The predicted molar refractivity (Wildman–Crippen MR) is 76.1 cm³/mol. The molecular formula is C14H17N5O2. The number of nitrogens with zero attached hydrogens (tertiary/aromatic N) is 3. The van der Waals surface area contributed by atoms with Gasteiger partial charge in [-0.05, 0) is 18.2 Å². The summed E-state index contributed by atoms with van der Waals surface area (Å²) in [5, 5.41) is 19.7. The molecule has 1 fully saturated rings. The molecule has 3 rings (SSSR count). The number of aromatic nitrogens is 3. The van der Waals surface area contributed by atoms with E-state index in [9.17, 15) is 9.90 Å². The van der Waals surface area contributed by atoms with Gasteiger partial charge in [0.2, 0.25) is 0 Å². The van der Waals surface area contributed by atoms with Gasteiger partial charge in [-0.15, -0.1) is 0 Å². The van der Waals surface area contributed by atoms with Crippen LogP contribution in [0, 0.1) is 5.92 Å². The van der Waals surface area contributed by atoms with Gasteiger partial charge < -0.3 is 15.7 Å². The van der Waals surface area contributed by atoms with E-state index in [-0.39, 0.29) is 11.8 Å². The molecule has 2 unspecified atom stereocenters. The van der Waals surface area contributed by atoms with Gasteiger partial charge >= 0.3 is 0 Å². The summed E-state index contributed by atoms with van der Waals surface area (Å²) >= 11 is 0. The number of rotatable bonds is 4. The van der Waals surface area contributed by atoms with Crippen LogP contribution in [0.4, 0.5) is 0 Å². The molecule has 0 aromatic carbocycles. The average Bonchev–Trinajstić information content (AvgIpc) is 3.16. The molecule has 0 aliphatic carbocycles. The number of carbonyl (C=O) groups is 1. The van der Waals surface area contributed by atoms with Crippen molar-refractivity contribution in [3.63, 3.8) is 0 Å². The first-order valence-electron chi connectivity index (χ1n) is 6.87. The molecule has 2 aromatic heterocycles. The molecule has 7 heteroatoms. The van der Waals surface area contributed by atoms with E-state index < -0.39 is 6.10 Å². The first-order valence-corrected chi connectivity index (χ1v) is 6.87. The van der Waals surface area contributed by atoms with Gasteiger partial charge in [0.15, 0.2) is 0 Å². The van der Waals surface area contributed by atoms with E-state index in [2.05, 4.69) is 20.7 Å². The lowest BCUT2D eigenvalue weighted by Gasteiger charge is -2.14. The van der Waals surface area contributed by atoms with Crippen LogP contribution >= 0.6 is 0 Å². The number of hydrogen-bond donors (Lipinski definition) is 3. The smallest absolute Gasteiger partial charge is 0.269 e. The molecule has 21 heavy (non-hydrogen) atoms. The summed E-state index contributed by atoms with van der Waals surface area (Å²) in [7, 11) is 0. The fourth-order valence-electron chi connectivity index (χ4n) is 2.35. The number of aliphatic hydroxyl groups is 1. The van der Waals surface area contributed by atoms with E-state index in [1.807, 2.05) is 6.07 Å². The fraction of sp³-hybridized carbons (Fsp3) is 0.357. The van der Waals surface area contributed by atoms with Gasteiger partial charge in [-0.3, -0.25) is 9.78 Å². The highest BCUT2D eigenvalue weighted by Crippen LogP contribution is 2.09. The Morgan fingerprint density at radius 3 is 3.10 bits per heavy atom. The molecule has 1 aliphatic rings. The van der Waals surface area contributed by atoms with Crippen LogP contribution in [-0.2, 0) is 0 Å². The summed E-state index contributed by atoms with van der Waals surface area (Å²) in [6.07, 6.45) is 4.65. The third kappa shape index (κ3) is 3.09. The highest BCUT2D eigenvalue weighted by molar-refractivity contribution is 5.92. The zero-order valence-corrected chi connectivity index (χ0v) is 11.4. The minimum Gasteiger partial charge on any atom is -0.391 e. The van der Waals surface area contributed by atoms with Gasteiger partial charge in [-0.1, -0.05) is 0 Å². The van der Waals surface area contributed by atoms with E-state index in [1.54, 1.807) is 35.4 Å². The number of aliphatic hydroxyl groups excluding tert-OH is 1. The van der Waals surface area contributed by atoms with Crippen LogP contribution in [0.15, 0.2) is 36.8 Å². The lowest BCUT2D eigenvalue weighted by molar-refractivity contribution is 0.0922. The van der Waals surface area contributed by atoms with Crippen molar-refractivity contribution in [3.05, 3.63) is 42.5 Å². The summed E-state index contributed by atoms with van der Waals surface area (Å²) in [5.41, 5.74) is 1.12. The molecular weight excluding hydrogens is 270 g/mol. The lowest BCUT2D eigenvalue weighted by atomic mass is 10.1. The second-order valence-electron chi connectivity index (χ2n) is 5.05. The number of carbonyl (C=O) groups excluding carboxylic acids is 1. The maximum absolute atomic E-state index is 12.1. The van der Waals surface area contributed by atoms with Crippen LogP contribution in [0.25, 0.3) is 5.69 Å². The summed E-state index contributed by atoms with van der Waals surface area (Å²) in [6, 6.07) is 5.29. The molecule has 2 atom stereocenters. The second kappa shape index (κ2) is 6.02. The third-order valence-electron chi connectivity index (χ3n) is 3.57. The topological polar surface area (TPSA) is 92.1 Å². The van der Waals surface area contributed by atoms with E-state index in [4.69, 9.17) is 0 Å². The van der Waals surface area contributed by atoms with Crippen LogP contribution in [0.2, 0.25) is 0 Å². The molecule has 3 heterocycles. The van der Waals surface area contributed by atoms with Gasteiger partial charge in [0.1, 0.15) is 5.69 Å². The van der Waals surface area contributed by atoms with Crippen molar-refractivity contribution in [3.8, 4) is 5.69 Å². The van der Waals surface area contributed by atoms with Crippen molar-refractivity contribution in [2.45, 2.75) is 6.10 Å². The quantitative estimate of drug-likeness (QED) is 0.710. The van der Waals surface area contributed by atoms with Crippen molar-refractivity contribution in [1.82, 2.24) is 25.4 Å². The first-order chi connectivity index (χ1) is 10.2. The molecule has 0 radical (unpaired) electrons. The Morgan fingerprint density at radius 2 is 2.38 bits per heavy atom. The van der Waals surface area contributed by atoms with Crippen molar-refractivity contribution < 1.29 is 9.90 Å². The maximum Gasteiger partial charge on any atom is 0.269 e. The summed E-state index contributed by atoms with van der Waals surface area (Å²) in [5.74, 6) is -0.202. The van der Waals surface area contributed by atoms with Crippen LogP contribution in [0.5, 0.6) is 0 Å². The van der Waals surface area contributed by atoms with Gasteiger partial charge in [0.05, 0.1) is 11.8 Å². The zero-order chi connectivity index (χ0) is 14.7. The molecule has 3 N–H and O–H groups in total. The number of pyridine rings is 1. The highest BCUT2D eigenvalue weighted by Gasteiger charge is 2.25. The Labute approximate surface area is 122 Å². The van der Waals surface area contributed by atoms with Crippen molar-refractivity contribution in [2.24, 2.45) is 5.92 Å². The monoisotopic (exact) mass is 287 g/mol. The maximum atomic E-state index is 12.1. The molecule has 2 aromatic rings. The van der Waals surface area contributed by atoms with E-state index in [0.717, 1.165) is 5.69 Å². The average molecular weight is 287 g/mol. The SMILES string of the molecule is O=C(NCC1CNCC1O)c1cc(-n2cccn2)ccn1. The molecule has 0 bridgehead atoms. The van der Waals surface area contributed by atoms with Crippen molar-refractivity contribution in [2.75, 3.05) is 19.6 Å². The Bertz CT molecular complexity index is 614. The Morgan fingerprint density at radius 1 is 1.48 bits per heavy atom.